The van der Waals surface area contributed by atoms with Crippen molar-refractivity contribution in [3.8, 4) is 5.75 Å². The Morgan fingerprint density at radius 3 is 2.53 bits per heavy atom. The van der Waals surface area contributed by atoms with E-state index in [0.717, 1.165) is 17.0 Å². The first-order valence-electron chi connectivity index (χ1n) is 18.7. The van der Waals surface area contributed by atoms with Gasteiger partial charge in [0.05, 0.1) is 47.9 Å². The number of nitrogens with zero attached hydrogens (tertiary/aromatic N) is 4. The summed E-state index contributed by atoms with van der Waals surface area (Å²) in [5, 5.41) is 12.6. The molecule has 3 aromatic rings. The summed E-state index contributed by atoms with van der Waals surface area (Å²) in [6.07, 6.45) is -4.97. The maximum absolute atomic E-state index is 15.4. The molecule has 0 aliphatic carbocycles. The molecule has 1 aromatic heterocycles. The van der Waals surface area contributed by atoms with E-state index < -0.39 is 76.9 Å². The smallest absolute Gasteiger partial charge is 0.421 e. The number of hydrogen-bond acceptors (Lipinski definition) is 13. The number of halogens is 4. The van der Waals surface area contributed by atoms with Crippen LogP contribution in [0.1, 0.15) is 75.7 Å². The van der Waals surface area contributed by atoms with E-state index in [1.165, 1.54) is 30.2 Å². The zero-order valence-electron chi connectivity index (χ0n) is 32.2. The third kappa shape index (κ3) is 9.43. The quantitative estimate of drug-likeness (QED) is 0.116. The summed E-state index contributed by atoms with van der Waals surface area (Å²) in [4.78, 5) is 98.9. The number of carbonyl (C=O) groups is 7. The number of methoxy groups -OCH3 is 1. The van der Waals surface area contributed by atoms with Gasteiger partial charge in [-0.3, -0.25) is 43.8 Å². The third-order valence-electron chi connectivity index (χ3n) is 9.71. The minimum atomic E-state index is -4.72. The number of benzene rings is 2. The average molecular weight is 842 g/mol. The molecule has 318 valence electrons. The van der Waals surface area contributed by atoms with Gasteiger partial charge in [0.25, 0.3) is 17.7 Å². The van der Waals surface area contributed by atoms with Crippen molar-refractivity contribution in [2.45, 2.75) is 57.3 Å². The average Bonchev–Trinajstić information content (AvgIpc) is 3.46. The molecule has 6 rings (SSSR count). The fraction of sp³-hybridized carbons (Fsp3) is 0.395. The second-order valence-electron chi connectivity index (χ2n) is 13.8. The van der Waals surface area contributed by atoms with Crippen LogP contribution in [0.5, 0.6) is 5.75 Å². The van der Waals surface area contributed by atoms with Crippen LogP contribution in [-0.4, -0.2) is 113 Å². The number of piperidine rings is 1. The topological polar surface area (TPSA) is 230 Å². The molecule has 0 bridgehead atoms. The van der Waals surface area contributed by atoms with Crippen molar-refractivity contribution < 1.29 is 60.6 Å². The highest BCUT2D eigenvalue weighted by molar-refractivity contribution is 6.26. The first-order valence-corrected chi connectivity index (χ1v) is 18.7. The van der Waals surface area contributed by atoms with Gasteiger partial charge in [-0.25, -0.2) is 9.37 Å². The molecule has 3 aliphatic heterocycles. The summed E-state index contributed by atoms with van der Waals surface area (Å²) in [6, 6.07) is 5.19. The van der Waals surface area contributed by atoms with Crippen LogP contribution in [0.3, 0.4) is 0 Å². The van der Waals surface area contributed by atoms with E-state index in [9.17, 15) is 46.7 Å². The summed E-state index contributed by atoms with van der Waals surface area (Å²) in [5.74, 6) is -6.21. The Hall–Kier alpha value is -6.71. The number of hydrogen-bond donors (Lipinski definition) is 5. The van der Waals surface area contributed by atoms with Crippen LogP contribution in [0.25, 0.3) is 0 Å². The molecule has 2 atom stereocenters. The lowest BCUT2D eigenvalue weighted by Crippen LogP contribution is -2.54. The molecule has 7 amide bonds. The van der Waals surface area contributed by atoms with Gasteiger partial charge in [0.15, 0.2) is 0 Å². The molecule has 0 saturated carbocycles. The predicted molar refractivity (Wildman–Crippen MR) is 202 cm³/mol. The number of rotatable bonds is 14. The van der Waals surface area contributed by atoms with E-state index in [0.29, 0.717) is 6.20 Å². The molecule has 2 aromatic carbocycles. The van der Waals surface area contributed by atoms with Crippen molar-refractivity contribution in [1.82, 2.24) is 30.4 Å². The van der Waals surface area contributed by atoms with Gasteiger partial charge in [-0.15, -0.1) is 0 Å². The Morgan fingerprint density at radius 2 is 1.82 bits per heavy atom. The maximum Gasteiger partial charge on any atom is 0.421 e. The number of aromatic nitrogens is 2. The molecule has 3 aliphatic rings. The largest absolute Gasteiger partial charge is 0.495 e. The van der Waals surface area contributed by atoms with Gasteiger partial charge < -0.3 is 35.6 Å². The van der Waals surface area contributed by atoms with Crippen molar-refractivity contribution in [1.29, 1.82) is 0 Å². The summed E-state index contributed by atoms with van der Waals surface area (Å²) >= 11 is 0. The van der Waals surface area contributed by atoms with E-state index in [1.54, 1.807) is 6.92 Å². The zero-order chi connectivity index (χ0) is 43.3. The highest BCUT2D eigenvalue weighted by Crippen LogP contribution is 2.36. The van der Waals surface area contributed by atoms with Gasteiger partial charge >= 0.3 is 6.18 Å². The van der Waals surface area contributed by atoms with Crippen molar-refractivity contribution in [3.05, 3.63) is 64.6 Å². The Labute approximate surface area is 338 Å². The second-order valence-corrected chi connectivity index (χ2v) is 13.8. The molecular weight excluding hydrogens is 802 g/mol. The molecular formula is C38H39F4N9O9. The molecule has 4 heterocycles. The van der Waals surface area contributed by atoms with Crippen molar-refractivity contribution in [2.75, 3.05) is 55.8 Å². The Bertz CT molecular complexity index is 2240. The molecule has 0 radical (unpaired) electrons. The summed E-state index contributed by atoms with van der Waals surface area (Å²) in [6.45, 7) is 1.87. The highest BCUT2D eigenvalue weighted by Gasteiger charge is 2.46. The molecule has 5 N–H and O–H groups in total. The summed E-state index contributed by atoms with van der Waals surface area (Å²) in [7, 11) is 1.25. The van der Waals surface area contributed by atoms with Crippen molar-refractivity contribution >= 4 is 64.5 Å². The van der Waals surface area contributed by atoms with Crippen LogP contribution in [-0.2, 0) is 30.1 Å². The minimum absolute atomic E-state index is 0.00335. The van der Waals surface area contributed by atoms with E-state index in [-0.39, 0.29) is 105 Å². The Morgan fingerprint density at radius 1 is 1.05 bits per heavy atom. The van der Waals surface area contributed by atoms with E-state index >= 15 is 4.39 Å². The first kappa shape index (κ1) is 42.9. The normalized spacial score (nSPS) is 17.8. The van der Waals surface area contributed by atoms with E-state index in [1.807, 2.05) is 0 Å². The fourth-order valence-electron chi connectivity index (χ4n) is 6.81. The number of nitrogens with one attached hydrogen (secondary N) is 5. The minimum Gasteiger partial charge on any atom is -0.495 e. The molecule has 22 heteroatoms. The Balaban J connectivity index is 0.984. The number of ether oxygens (including phenoxy) is 2. The van der Waals surface area contributed by atoms with Crippen LogP contribution in [0.2, 0.25) is 0 Å². The van der Waals surface area contributed by atoms with E-state index in [4.69, 9.17) is 9.47 Å². The number of imide groups is 2. The fourth-order valence-corrected chi connectivity index (χ4v) is 6.81. The number of anilines is 4. The monoisotopic (exact) mass is 841 g/mol. The molecule has 60 heavy (non-hydrogen) atoms. The van der Waals surface area contributed by atoms with Gasteiger partial charge in [0.2, 0.25) is 29.6 Å². The van der Waals surface area contributed by atoms with Crippen LogP contribution >= 0.6 is 0 Å². The lowest BCUT2D eigenvalue weighted by atomic mass is 10.0. The second kappa shape index (κ2) is 18.1. The van der Waals surface area contributed by atoms with Crippen LogP contribution in [0, 0.1) is 5.82 Å². The van der Waals surface area contributed by atoms with Crippen LogP contribution in [0.4, 0.5) is 40.7 Å². The lowest BCUT2D eigenvalue weighted by Gasteiger charge is -2.33. The molecule has 18 nitrogen and oxygen atoms in total. The lowest BCUT2D eigenvalue weighted by molar-refractivity contribution is -0.138. The van der Waals surface area contributed by atoms with Crippen molar-refractivity contribution in [3.63, 3.8) is 0 Å². The molecule has 2 unspecified atom stereocenters. The summed E-state index contributed by atoms with van der Waals surface area (Å²) in [5.41, 5.74) is -1.53. The van der Waals surface area contributed by atoms with Gasteiger partial charge in [0.1, 0.15) is 29.0 Å². The Kier molecular flexibility index (Phi) is 12.9. The molecule has 0 spiro atoms. The molecule has 2 saturated heterocycles. The highest BCUT2D eigenvalue weighted by atomic mass is 19.4. The van der Waals surface area contributed by atoms with E-state index in [2.05, 4.69) is 36.6 Å². The van der Waals surface area contributed by atoms with Crippen LogP contribution in [0.15, 0.2) is 36.5 Å². The van der Waals surface area contributed by atoms with Crippen LogP contribution < -0.4 is 31.3 Å². The number of fused-ring (bicyclic) bond motifs is 1. The third-order valence-corrected chi connectivity index (χ3v) is 9.71. The number of carbonyl (C=O) groups excluding carboxylic acids is 7. The number of amides is 7. The first-order chi connectivity index (χ1) is 28.6. The zero-order valence-corrected chi connectivity index (χ0v) is 32.2. The van der Waals surface area contributed by atoms with Gasteiger partial charge in [-0.1, -0.05) is 6.07 Å². The van der Waals surface area contributed by atoms with Gasteiger partial charge in [-0.2, -0.15) is 18.2 Å². The number of morpholine rings is 1. The van der Waals surface area contributed by atoms with Crippen molar-refractivity contribution in [2.24, 2.45) is 0 Å². The SMILES string of the molecule is CCNc1nc(Nc2cc(F)c(C(=O)N3CCOC(CNC(=O)CCCC(=O)Nc4cccc5c4C(=O)N(C4CCC(=O)NC4=O)C5=O)C3)cc2OC)ncc1C(F)(F)F. The predicted octanol–water partition coefficient (Wildman–Crippen LogP) is 2.99. The molecule has 2 fully saturated rings. The standard InChI is InChI=1S/C38H39F4N9O9/c1-3-43-32-22(38(40,41)42)17-45-37(49-32)47-25-15-23(39)21(14-27(25)59-2)34(56)50-12-13-60-19(18-50)16-44-28(52)8-5-9-29(53)46-24-7-4-6-20-31(24)36(58)51(35(20)57)26-10-11-30(54)48-33(26)55/h4,6-7,14-15,17,19,26H,3,5,8-13,16,18H2,1-2H3,(H,44,52)(H,46,53)(H,48,54,55)(H2,43,45,47,49). The maximum atomic E-state index is 15.4. The van der Waals surface area contributed by atoms with Gasteiger partial charge in [-0.05, 0) is 38.0 Å². The number of alkyl halides is 3. The van der Waals surface area contributed by atoms with Gasteiger partial charge in [0, 0.05) is 57.7 Å². The summed E-state index contributed by atoms with van der Waals surface area (Å²) < 4.78 is 66.6.